The molecule has 0 bridgehead atoms. The normalized spacial score (nSPS) is 10.2. The first-order chi connectivity index (χ1) is 7.69. The van der Waals surface area contributed by atoms with Gasteiger partial charge in [0.25, 0.3) is 5.56 Å². The molecule has 6 nitrogen and oxygen atoms in total. The molecule has 6 heteroatoms. The third kappa shape index (κ3) is 2.00. The van der Waals surface area contributed by atoms with Crippen LogP contribution >= 0.6 is 0 Å². The van der Waals surface area contributed by atoms with Crippen LogP contribution in [0.5, 0.6) is 0 Å². The second kappa shape index (κ2) is 4.01. The molecule has 0 saturated carbocycles. The van der Waals surface area contributed by atoms with E-state index in [2.05, 4.69) is 4.98 Å². The van der Waals surface area contributed by atoms with E-state index in [0.29, 0.717) is 12.0 Å². The summed E-state index contributed by atoms with van der Waals surface area (Å²) in [5.74, 6) is 0.670. The van der Waals surface area contributed by atoms with E-state index in [-0.39, 0.29) is 12.3 Å². The van der Waals surface area contributed by atoms with Gasteiger partial charge in [-0.25, -0.2) is 4.79 Å². The molecule has 0 saturated heterocycles. The number of rotatable bonds is 3. The maximum Gasteiger partial charge on any atom is 0.328 e. The van der Waals surface area contributed by atoms with Gasteiger partial charge in [-0.2, -0.15) is 0 Å². The minimum absolute atomic E-state index is 0.170. The largest absolute Gasteiger partial charge is 0.456 e. The van der Waals surface area contributed by atoms with E-state index in [1.165, 1.54) is 22.9 Å². The monoisotopic (exact) mass is 220 g/mol. The first kappa shape index (κ1) is 10.2. The standard InChI is InChI=1S/C10H8N2O4/c13-6-8-2-1-7(16-8)5-12-4-3-9(14)11-10(12)15/h1-4,6H,5H2,(H,11,14,15). The van der Waals surface area contributed by atoms with Crippen LogP contribution in [0.4, 0.5) is 0 Å². The Morgan fingerprint density at radius 3 is 2.75 bits per heavy atom. The van der Waals surface area contributed by atoms with Crippen molar-refractivity contribution < 1.29 is 9.21 Å². The molecule has 2 aromatic rings. The lowest BCUT2D eigenvalue weighted by molar-refractivity contribution is 0.109. The smallest absolute Gasteiger partial charge is 0.328 e. The molecule has 2 heterocycles. The molecular weight excluding hydrogens is 212 g/mol. The molecule has 0 atom stereocenters. The average molecular weight is 220 g/mol. The van der Waals surface area contributed by atoms with Crippen molar-refractivity contribution in [1.29, 1.82) is 0 Å². The van der Waals surface area contributed by atoms with Gasteiger partial charge in [0.1, 0.15) is 5.76 Å². The molecule has 82 valence electrons. The van der Waals surface area contributed by atoms with Gasteiger partial charge in [0.15, 0.2) is 12.0 Å². The number of aldehydes is 1. The van der Waals surface area contributed by atoms with Crippen molar-refractivity contribution in [2.75, 3.05) is 0 Å². The highest BCUT2D eigenvalue weighted by atomic mass is 16.3. The van der Waals surface area contributed by atoms with Gasteiger partial charge in [-0.3, -0.25) is 19.1 Å². The zero-order chi connectivity index (χ0) is 11.5. The van der Waals surface area contributed by atoms with Gasteiger partial charge >= 0.3 is 5.69 Å². The summed E-state index contributed by atoms with van der Waals surface area (Å²) in [4.78, 5) is 34.6. The summed E-state index contributed by atoms with van der Waals surface area (Å²) < 4.78 is 6.37. The molecule has 2 aromatic heterocycles. The predicted molar refractivity (Wildman–Crippen MR) is 54.5 cm³/mol. The Bertz CT molecular complexity index is 620. The molecular formula is C10H8N2O4. The lowest BCUT2D eigenvalue weighted by Gasteiger charge is -2.00. The van der Waals surface area contributed by atoms with Crippen LogP contribution in [-0.4, -0.2) is 15.8 Å². The second-order valence-corrected chi connectivity index (χ2v) is 3.16. The maximum absolute atomic E-state index is 11.3. The zero-order valence-electron chi connectivity index (χ0n) is 8.17. The van der Waals surface area contributed by atoms with E-state index in [0.717, 1.165) is 0 Å². The lowest BCUT2D eigenvalue weighted by atomic mass is 10.4. The van der Waals surface area contributed by atoms with E-state index in [4.69, 9.17) is 4.42 Å². The number of hydrogen-bond donors (Lipinski definition) is 1. The topological polar surface area (TPSA) is 85.1 Å². The number of carbonyl (C=O) groups is 1. The van der Waals surface area contributed by atoms with Crippen molar-refractivity contribution >= 4 is 6.29 Å². The van der Waals surface area contributed by atoms with Gasteiger partial charge in [-0.1, -0.05) is 0 Å². The summed E-state index contributed by atoms with van der Waals surface area (Å²) in [6.45, 7) is 0.170. The number of hydrogen-bond acceptors (Lipinski definition) is 4. The van der Waals surface area contributed by atoms with Crippen LogP contribution < -0.4 is 11.2 Å². The van der Waals surface area contributed by atoms with Crippen LogP contribution in [-0.2, 0) is 6.54 Å². The van der Waals surface area contributed by atoms with Crippen molar-refractivity contribution in [3.05, 3.63) is 56.8 Å². The number of H-pyrrole nitrogens is 1. The highest BCUT2D eigenvalue weighted by Gasteiger charge is 2.03. The van der Waals surface area contributed by atoms with Crippen LogP contribution in [0.1, 0.15) is 16.3 Å². The molecule has 0 amide bonds. The molecule has 0 aliphatic heterocycles. The lowest BCUT2D eigenvalue weighted by Crippen LogP contribution is -2.28. The Morgan fingerprint density at radius 2 is 2.12 bits per heavy atom. The van der Waals surface area contributed by atoms with Gasteiger partial charge in [0.2, 0.25) is 0 Å². The fourth-order valence-electron chi connectivity index (χ4n) is 1.28. The Morgan fingerprint density at radius 1 is 1.31 bits per heavy atom. The van der Waals surface area contributed by atoms with Crippen molar-refractivity contribution in [3.8, 4) is 0 Å². The third-order valence-corrected chi connectivity index (χ3v) is 2.02. The second-order valence-electron chi connectivity index (χ2n) is 3.16. The molecule has 0 radical (unpaired) electrons. The van der Waals surface area contributed by atoms with E-state index in [1.54, 1.807) is 6.07 Å². The SMILES string of the molecule is O=Cc1ccc(Cn2ccc(=O)[nH]c2=O)o1. The Kier molecular flexibility index (Phi) is 2.55. The van der Waals surface area contributed by atoms with E-state index < -0.39 is 11.2 Å². The van der Waals surface area contributed by atoms with E-state index in [1.807, 2.05) is 0 Å². The number of aromatic nitrogens is 2. The van der Waals surface area contributed by atoms with E-state index in [9.17, 15) is 14.4 Å². The van der Waals surface area contributed by atoms with Crippen molar-refractivity contribution in [1.82, 2.24) is 9.55 Å². The van der Waals surface area contributed by atoms with E-state index >= 15 is 0 Å². The molecule has 0 aliphatic carbocycles. The maximum atomic E-state index is 11.3. The summed E-state index contributed by atoms with van der Waals surface area (Å²) >= 11 is 0. The van der Waals surface area contributed by atoms with Crippen LogP contribution in [0.25, 0.3) is 0 Å². The van der Waals surface area contributed by atoms with Crippen LogP contribution in [0.15, 0.2) is 38.4 Å². The van der Waals surface area contributed by atoms with Crippen molar-refractivity contribution in [2.24, 2.45) is 0 Å². The summed E-state index contributed by atoms with van der Waals surface area (Å²) in [5.41, 5.74) is -0.967. The van der Waals surface area contributed by atoms with Gasteiger partial charge in [-0.05, 0) is 12.1 Å². The van der Waals surface area contributed by atoms with Crippen LogP contribution in [0.3, 0.4) is 0 Å². The Labute approximate surface area is 89.1 Å². The minimum Gasteiger partial charge on any atom is -0.456 e. The molecule has 0 aliphatic rings. The summed E-state index contributed by atoms with van der Waals surface area (Å²) in [5, 5.41) is 0. The highest BCUT2D eigenvalue weighted by Crippen LogP contribution is 2.06. The Balaban J connectivity index is 2.30. The molecule has 2 rings (SSSR count). The number of aromatic amines is 1. The average Bonchev–Trinajstić information content (AvgIpc) is 2.70. The van der Waals surface area contributed by atoms with Gasteiger partial charge < -0.3 is 4.42 Å². The zero-order valence-corrected chi connectivity index (χ0v) is 8.17. The quantitative estimate of drug-likeness (QED) is 0.737. The summed E-state index contributed by atoms with van der Waals surface area (Å²) in [6.07, 6.45) is 1.95. The molecule has 0 unspecified atom stereocenters. The van der Waals surface area contributed by atoms with Gasteiger partial charge in [0, 0.05) is 12.3 Å². The fraction of sp³-hybridized carbons (Fsp3) is 0.100. The van der Waals surface area contributed by atoms with Gasteiger partial charge in [0.05, 0.1) is 6.54 Å². The predicted octanol–water partition coefficient (Wildman–Crippen LogP) is -0.00960. The van der Waals surface area contributed by atoms with Gasteiger partial charge in [-0.15, -0.1) is 0 Å². The molecule has 0 fully saturated rings. The third-order valence-electron chi connectivity index (χ3n) is 2.02. The molecule has 0 aromatic carbocycles. The highest BCUT2D eigenvalue weighted by molar-refractivity contribution is 5.70. The number of carbonyl (C=O) groups excluding carboxylic acids is 1. The first-order valence-corrected chi connectivity index (χ1v) is 4.53. The molecule has 1 N–H and O–H groups in total. The number of furan rings is 1. The Hall–Kier alpha value is -2.37. The first-order valence-electron chi connectivity index (χ1n) is 4.53. The van der Waals surface area contributed by atoms with Crippen LogP contribution in [0.2, 0.25) is 0 Å². The van der Waals surface area contributed by atoms with Crippen molar-refractivity contribution in [2.45, 2.75) is 6.54 Å². The minimum atomic E-state index is -0.517. The summed E-state index contributed by atoms with van der Waals surface area (Å²) in [6, 6.07) is 4.35. The van der Waals surface area contributed by atoms with Crippen molar-refractivity contribution in [3.63, 3.8) is 0 Å². The number of nitrogens with zero attached hydrogens (tertiary/aromatic N) is 1. The van der Waals surface area contributed by atoms with Crippen LogP contribution in [0, 0.1) is 0 Å². The molecule has 16 heavy (non-hydrogen) atoms. The molecule has 0 spiro atoms. The summed E-state index contributed by atoms with van der Waals surface area (Å²) in [7, 11) is 0. The fourth-order valence-corrected chi connectivity index (χ4v) is 1.28. The number of nitrogens with one attached hydrogen (secondary N) is 1.